The third-order valence-corrected chi connectivity index (χ3v) is 4.06. The fraction of sp³-hybridized carbons (Fsp3) is 0.188. The van der Waals surface area contributed by atoms with E-state index in [0.717, 1.165) is 29.0 Å². The Kier molecular flexibility index (Phi) is 4.04. The largest absolute Gasteiger partial charge is 0.493 e. The van der Waals surface area contributed by atoms with Crippen LogP contribution in [0.5, 0.6) is 5.75 Å². The number of benzene rings is 2. The second kappa shape index (κ2) is 5.96. The predicted molar refractivity (Wildman–Crippen MR) is 84.4 cm³/mol. The Morgan fingerprint density at radius 1 is 1.14 bits per heavy atom. The van der Waals surface area contributed by atoms with Crippen molar-refractivity contribution in [1.82, 2.24) is 0 Å². The van der Waals surface area contributed by atoms with Crippen LogP contribution in [0.15, 0.2) is 36.4 Å². The van der Waals surface area contributed by atoms with E-state index in [1.807, 2.05) is 18.2 Å². The van der Waals surface area contributed by atoms with Crippen molar-refractivity contribution in [2.45, 2.75) is 12.8 Å². The molecule has 0 bridgehead atoms. The van der Waals surface area contributed by atoms with Gasteiger partial charge in [0.05, 0.1) is 23.1 Å². The molecule has 5 heteroatoms. The van der Waals surface area contributed by atoms with Gasteiger partial charge < -0.3 is 10.1 Å². The number of ether oxygens (including phenoxy) is 1. The SMILES string of the molecule is O=C(Cc1ccc(Cl)c(Cl)c1)Nc1ccc2c(c1)CCO2. The lowest BCUT2D eigenvalue weighted by atomic mass is 10.1. The van der Waals surface area contributed by atoms with Gasteiger partial charge in [-0.05, 0) is 41.5 Å². The fourth-order valence-electron chi connectivity index (χ4n) is 2.30. The molecule has 0 saturated heterocycles. The number of amides is 1. The van der Waals surface area contributed by atoms with Crippen molar-refractivity contribution in [3.05, 3.63) is 57.6 Å². The number of carbonyl (C=O) groups is 1. The maximum absolute atomic E-state index is 12.1. The van der Waals surface area contributed by atoms with Gasteiger partial charge in [0.15, 0.2) is 0 Å². The van der Waals surface area contributed by atoms with Crippen LogP contribution >= 0.6 is 23.2 Å². The zero-order valence-corrected chi connectivity index (χ0v) is 12.7. The number of hydrogen-bond acceptors (Lipinski definition) is 2. The van der Waals surface area contributed by atoms with Crippen molar-refractivity contribution < 1.29 is 9.53 Å². The lowest BCUT2D eigenvalue weighted by molar-refractivity contribution is -0.115. The van der Waals surface area contributed by atoms with Crippen LogP contribution in [0.25, 0.3) is 0 Å². The maximum atomic E-state index is 12.1. The molecule has 2 aromatic rings. The predicted octanol–water partition coefficient (Wildman–Crippen LogP) is 4.11. The number of halogens is 2. The Morgan fingerprint density at radius 3 is 2.81 bits per heavy atom. The number of rotatable bonds is 3. The van der Waals surface area contributed by atoms with Crippen molar-refractivity contribution in [2.24, 2.45) is 0 Å². The van der Waals surface area contributed by atoms with Crippen LogP contribution in [-0.2, 0) is 17.6 Å². The van der Waals surface area contributed by atoms with E-state index in [-0.39, 0.29) is 12.3 Å². The molecule has 108 valence electrons. The number of nitrogens with one attached hydrogen (secondary N) is 1. The molecule has 2 aromatic carbocycles. The molecule has 1 aliphatic heterocycles. The van der Waals surface area contributed by atoms with Gasteiger partial charge in [0.25, 0.3) is 0 Å². The Balaban J connectivity index is 1.67. The molecule has 1 amide bonds. The van der Waals surface area contributed by atoms with Crippen molar-refractivity contribution in [1.29, 1.82) is 0 Å². The standard InChI is InChI=1S/C16H13Cl2NO2/c17-13-3-1-10(7-14(13)18)8-16(20)19-12-2-4-15-11(9-12)5-6-21-15/h1-4,7,9H,5-6,8H2,(H,19,20). The van der Waals surface area contributed by atoms with E-state index in [4.69, 9.17) is 27.9 Å². The summed E-state index contributed by atoms with van der Waals surface area (Å²) >= 11 is 11.8. The van der Waals surface area contributed by atoms with Crippen LogP contribution in [0.3, 0.4) is 0 Å². The molecule has 0 fully saturated rings. The van der Waals surface area contributed by atoms with E-state index >= 15 is 0 Å². The molecule has 1 heterocycles. The molecule has 0 saturated carbocycles. The first-order valence-corrected chi connectivity index (χ1v) is 7.37. The van der Waals surface area contributed by atoms with Crippen molar-refractivity contribution in [2.75, 3.05) is 11.9 Å². The van der Waals surface area contributed by atoms with E-state index in [2.05, 4.69) is 5.32 Å². The minimum Gasteiger partial charge on any atom is -0.493 e. The molecule has 0 aliphatic carbocycles. The van der Waals surface area contributed by atoms with Crippen LogP contribution in [-0.4, -0.2) is 12.5 Å². The summed E-state index contributed by atoms with van der Waals surface area (Å²) in [6.07, 6.45) is 1.14. The highest BCUT2D eigenvalue weighted by Crippen LogP contribution is 2.28. The average Bonchev–Trinajstić information content (AvgIpc) is 2.90. The normalized spacial score (nSPS) is 12.7. The molecule has 0 atom stereocenters. The van der Waals surface area contributed by atoms with Crippen LogP contribution in [0, 0.1) is 0 Å². The highest BCUT2D eigenvalue weighted by molar-refractivity contribution is 6.42. The molecule has 1 N–H and O–H groups in total. The Morgan fingerprint density at radius 2 is 2.00 bits per heavy atom. The average molecular weight is 322 g/mol. The maximum Gasteiger partial charge on any atom is 0.228 e. The number of carbonyl (C=O) groups excluding carboxylic acids is 1. The van der Waals surface area contributed by atoms with Gasteiger partial charge in [-0.3, -0.25) is 4.79 Å². The molecule has 0 spiro atoms. The molecule has 0 unspecified atom stereocenters. The number of fused-ring (bicyclic) bond motifs is 1. The van der Waals surface area contributed by atoms with Gasteiger partial charge in [0, 0.05) is 12.1 Å². The van der Waals surface area contributed by atoms with Crippen molar-refractivity contribution >= 4 is 34.8 Å². The van der Waals surface area contributed by atoms with E-state index in [1.165, 1.54) is 0 Å². The van der Waals surface area contributed by atoms with E-state index < -0.39 is 0 Å². The van der Waals surface area contributed by atoms with E-state index in [0.29, 0.717) is 16.7 Å². The molecule has 21 heavy (non-hydrogen) atoms. The number of anilines is 1. The molecular weight excluding hydrogens is 309 g/mol. The lowest BCUT2D eigenvalue weighted by Gasteiger charge is -2.07. The monoisotopic (exact) mass is 321 g/mol. The minimum atomic E-state index is -0.0905. The summed E-state index contributed by atoms with van der Waals surface area (Å²) in [5.74, 6) is 0.810. The zero-order chi connectivity index (χ0) is 14.8. The molecule has 0 radical (unpaired) electrons. The summed E-state index contributed by atoms with van der Waals surface area (Å²) in [5, 5.41) is 3.82. The second-order valence-electron chi connectivity index (χ2n) is 4.89. The van der Waals surface area contributed by atoms with Gasteiger partial charge in [-0.1, -0.05) is 29.3 Å². The summed E-state index contributed by atoms with van der Waals surface area (Å²) in [6.45, 7) is 0.704. The summed E-state index contributed by atoms with van der Waals surface area (Å²) < 4.78 is 5.44. The van der Waals surface area contributed by atoms with Crippen molar-refractivity contribution in [3.63, 3.8) is 0 Å². The van der Waals surface area contributed by atoms with E-state index in [9.17, 15) is 4.79 Å². The topological polar surface area (TPSA) is 38.3 Å². The smallest absolute Gasteiger partial charge is 0.228 e. The summed E-state index contributed by atoms with van der Waals surface area (Å²) in [6, 6.07) is 10.9. The fourth-order valence-corrected chi connectivity index (χ4v) is 2.63. The first kappa shape index (κ1) is 14.2. The van der Waals surface area contributed by atoms with Crippen LogP contribution in [0.2, 0.25) is 10.0 Å². The highest BCUT2D eigenvalue weighted by Gasteiger charge is 2.13. The molecule has 1 aliphatic rings. The molecule has 0 aromatic heterocycles. The summed E-state index contributed by atoms with van der Waals surface area (Å²) in [5.41, 5.74) is 2.73. The van der Waals surface area contributed by atoms with Gasteiger partial charge >= 0.3 is 0 Å². The van der Waals surface area contributed by atoms with Crippen LogP contribution in [0.1, 0.15) is 11.1 Å². The quantitative estimate of drug-likeness (QED) is 0.923. The number of hydrogen-bond donors (Lipinski definition) is 1. The molecular formula is C16H13Cl2NO2. The van der Waals surface area contributed by atoms with Crippen LogP contribution < -0.4 is 10.1 Å². The Hall–Kier alpha value is -1.71. The molecule has 3 rings (SSSR count). The van der Waals surface area contributed by atoms with Gasteiger partial charge in [0.2, 0.25) is 5.91 Å². The summed E-state index contributed by atoms with van der Waals surface area (Å²) in [4.78, 5) is 12.1. The Labute approximate surface area is 132 Å². The summed E-state index contributed by atoms with van der Waals surface area (Å²) in [7, 11) is 0. The highest BCUT2D eigenvalue weighted by atomic mass is 35.5. The third-order valence-electron chi connectivity index (χ3n) is 3.32. The zero-order valence-electron chi connectivity index (χ0n) is 11.2. The van der Waals surface area contributed by atoms with Gasteiger partial charge in [0.1, 0.15) is 5.75 Å². The first-order chi connectivity index (χ1) is 10.1. The first-order valence-electron chi connectivity index (χ1n) is 6.61. The second-order valence-corrected chi connectivity index (χ2v) is 5.71. The van der Waals surface area contributed by atoms with Crippen LogP contribution in [0.4, 0.5) is 5.69 Å². The Bertz CT molecular complexity index is 701. The lowest BCUT2D eigenvalue weighted by Crippen LogP contribution is -2.14. The van der Waals surface area contributed by atoms with Gasteiger partial charge in [-0.2, -0.15) is 0 Å². The third kappa shape index (κ3) is 3.31. The van der Waals surface area contributed by atoms with E-state index in [1.54, 1.807) is 18.2 Å². The van der Waals surface area contributed by atoms with Gasteiger partial charge in [-0.25, -0.2) is 0 Å². The van der Waals surface area contributed by atoms with Crippen molar-refractivity contribution in [3.8, 4) is 5.75 Å². The molecule has 3 nitrogen and oxygen atoms in total. The van der Waals surface area contributed by atoms with Gasteiger partial charge in [-0.15, -0.1) is 0 Å². The minimum absolute atomic E-state index is 0.0905.